The van der Waals surface area contributed by atoms with Gasteiger partial charge in [0.25, 0.3) is 0 Å². The van der Waals surface area contributed by atoms with Crippen LogP contribution in [0.15, 0.2) is 18.2 Å². The van der Waals surface area contributed by atoms with Crippen molar-refractivity contribution >= 4 is 37.0 Å². The number of nitro benzene ring substituents is 1. The number of hydrogen-bond acceptors (Lipinski definition) is 5. The summed E-state index contributed by atoms with van der Waals surface area (Å²) in [6.07, 6.45) is -0.301. The topological polar surface area (TPSA) is 97.6 Å². The monoisotopic (exact) mass is 322 g/mol. The molecular weight excluding hydrogens is 315 g/mol. The SMILES string of the molecule is O=C1CC(S(=O)(=O)Cl)CN1c1ccc([N+](=O)[O-])c(F)c1. The summed E-state index contributed by atoms with van der Waals surface area (Å²) in [5.74, 6) is -1.63. The number of carbonyl (C=O) groups excluding carboxylic acids is 1. The fraction of sp³-hybridized carbons (Fsp3) is 0.300. The molecule has 1 aromatic rings. The smallest absolute Gasteiger partial charge is 0.304 e. The molecule has 0 aromatic heterocycles. The summed E-state index contributed by atoms with van der Waals surface area (Å²) in [7, 11) is 1.29. The lowest BCUT2D eigenvalue weighted by Crippen LogP contribution is -2.26. The van der Waals surface area contributed by atoms with E-state index < -0.39 is 36.6 Å². The Bertz CT molecular complexity index is 693. The van der Waals surface area contributed by atoms with Gasteiger partial charge in [0.15, 0.2) is 0 Å². The zero-order valence-corrected chi connectivity index (χ0v) is 11.4. The molecule has 20 heavy (non-hydrogen) atoms. The lowest BCUT2D eigenvalue weighted by atomic mass is 10.2. The highest BCUT2D eigenvalue weighted by Gasteiger charge is 2.38. The van der Waals surface area contributed by atoms with E-state index in [-0.39, 0.29) is 18.7 Å². The fourth-order valence-corrected chi connectivity index (χ4v) is 2.95. The van der Waals surface area contributed by atoms with Crippen LogP contribution in [0.25, 0.3) is 0 Å². The van der Waals surface area contributed by atoms with Gasteiger partial charge in [0.2, 0.25) is 20.8 Å². The third kappa shape index (κ3) is 2.73. The van der Waals surface area contributed by atoms with Crippen molar-refractivity contribution in [3.05, 3.63) is 34.1 Å². The molecular formula is C10H8ClFN2O5S. The summed E-state index contributed by atoms with van der Waals surface area (Å²) in [6, 6.07) is 2.92. The standard InChI is InChI=1S/C10H8ClFN2O5S/c11-20(18,19)7-4-10(15)13(5-7)6-1-2-9(14(16)17)8(12)3-6/h1-3,7H,4-5H2. The van der Waals surface area contributed by atoms with E-state index in [0.29, 0.717) is 0 Å². The summed E-state index contributed by atoms with van der Waals surface area (Å²) in [5, 5.41) is 9.42. The predicted molar refractivity (Wildman–Crippen MR) is 68.6 cm³/mol. The molecule has 1 heterocycles. The maximum atomic E-state index is 13.5. The Morgan fingerprint density at radius 2 is 2.10 bits per heavy atom. The number of benzene rings is 1. The predicted octanol–water partition coefficient (Wildman–Crippen LogP) is 1.41. The molecule has 7 nitrogen and oxygen atoms in total. The number of anilines is 1. The Morgan fingerprint density at radius 3 is 2.55 bits per heavy atom. The van der Waals surface area contributed by atoms with Crippen LogP contribution in [0.5, 0.6) is 0 Å². The van der Waals surface area contributed by atoms with Gasteiger partial charge >= 0.3 is 5.69 Å². The second kappa shape index (κ2) is 4.98. The minimum atomic E-state index is -3.90. The highest BCUT2D eigenvalue weighted by Crippen LogP contribution is 2.29. The number of nitro groups is 1. The Hall–Kier alpha value is -1.74. The van der Waals surface area contributed by atoms with Gasteiger partial charge in [-0.05, 0) is 6.07 Å². The fourth-order valence-electron chi connectivity index (χ4n) is 1.92. The van der Waals surface area contributed by atoms with Crippen molar-refractivity contribution in [1.82, 2.24) is 0 Å². The summed E-state index contributed by atoms with van der Waals surface area (Å²) < 4.78 is 35.9. The molecule has 0 bridgehead atoms. The lowest BCUT2D eigenvalue weighted by Gasteiger charge is -2.16. The van der Waals surface area contributed by atoms with Crippen LogP contribution in [-0.4, -0.2) is 31.0 Å². The van der Waals surface area contributed by atoms with Gasteiger partial charge in [-0.3, -0.25) is 14.9 Å². The van der Waals surface area contributed by atoms with Crippen LogP contribution in [0.4, 0.5) is 15.8 Å². The number of rotatable bonds is 3. The largest absolute Gasteiger partial charge is 0.311 e. The van der Waals surface area contributed by atoms with Crippen LogP contribution >= 0.6 is 10.7 Å². The zero-order chi connectivity index (χ0) is 15.1. The number of carbonyl (C=O) groups is 1. The van der Waals surface area contributed by atoms with E-state index in [4.69, 9.17) is 10.7 Å². The molecule has 108 valence electrons. The average Bonchev–Trinajstić information content (AvgIpc) is 2.70. The molecule has 1 aromatic carbocycles. The van der Waals surface area contributed by atoms with Crippen LogP contribution in [0.2, 0.25) is 0 Å². The quantitative estimate of drug-likeness (QED) is 0.476. The maximum absolute atomic E-state index is 13.5. The first-order valence-corrected chi connectivity index (χ1v) is 7.75. The Balaban J connectivity index is 2.31. The molecule has 1 aliphatic heterocycles. The maximum Gasteiger partial charge on any atom is 0.304 e. The minimum absolute atomic E-state index is 0.0564. The van der Waals surface area contributed by atoms with Crippen LogP contribution in [0.1, 0.15) is 6.42 Å². The lowest BCUT2D eigenvalue weighted by molar-refractivity contribution is -0.387. The minimum Gasteiger partial charge on any atom is -0.311 e. The number of hydrogen-bond donors (Lipinski definition) is 0. The highest BCUT2D eigenvalue weighted by molar-refractivity contribution is 8.14. The average molecular weight is 323 g/mol. The second-order valence-corrected chi connectivity index (χ2v) is 7.11. The van der Waals surface area contributed by atoms with E-state index >= 15 is 0 Å². The third-order valence-corrected chi connectivity index (χ3v) is 4.80. The molecule has 1 saturated heterocycles. The van der Waals surface area contributed by atoms with Gasteiger partial charge in [0, 0.05) is 41.5 Å². The zero-order valence-electron chi connectivity index (χ0n) is 9.82. The first-order chi connectivity index (χ1) is 9.20. The molecule has 0 radical (unpaired) electrons. The number of nitrogens with zero attached hydrogens (tertiary/aromatic N) is 2. The normalized spacial score (nSPS) is 19.4. The molecule has 0 aliphatic carbocycles. The molecule has 2 rings (SSSR count). The summed E-state index contributed by atoms with van der Waals surface area (Å²) in [5.41, 5.74) is -0.664. The van der Waals surface area contributed by atoms with Crippen LogP contribution < -0.4 is 4.90 Å². The van der Waals surface area contributed by atoms with Crippen molar-refractivity contribution in [1.29, 1.82) is 0 Å². The van der Waals surface area contributed by atoms with Gasteiger partial charge in [-0.1, -0.05) is 0 Å². The Labute approximate surface area is 117 Å². The molecule has 0 spiro atoms. The number of halogens is 2. The summed E-state index contributed by atoms with van der Waals surface area (Å²) >= 11 is 0. The van der Waals surface area contributed by atoms with Gasteiger partial charge < -0.3 is 4.90 Å². The van der Waals surface area contributed by atoms with Crippen LogP contribution in [0.3, 0.4) is 0 Å². The van der Waals surface area contributed by atoms with E-state index in [9.17, 15) is 27.7 Å². The first kappa shape index (κ1) is 14.7. The van der Waals surface area contributed by atoms with Crippen molar-refractivity contribution in [2.45, 2.75) is 11.7 Å². The Morgan fingerprint density at radius 1 is 1.45 bits per heavy atom. The van der Waals surface area contributed by atoms with Crippen molar-refractivity contribution in [2.75, 3.05) is 11.4 Å². The molecule has 1 atom stereocenters. The van der Waals surface area contributed by atoms with Gasteiger partial charge in [-0.2, -0.15) is 4.39 Å². The molecule has 1 aliphatic rings. The molecule has 1 amide bonds. The van der Waals surface area contributed by atoms with E-state index in [1.165, 1.54) is 6.07 Å². The van der Waals surface area contributed by atoms with Gasteiger partial charge in [0.05, 0.1) is 4.92 Å². The molecule has 0 saturated carbocycles. The molecule has 10 heteroatoms. The van der Waals surface area contributed by atoms with Crippen molar-refractivity contribution in [2.24, 2.45) is 0 Å². The van der Waals surface area contributed by atoms with Crippen molar-refractivity contribution < 1.29 is 22.5 Å². The van der Waals surface area contributed by atoms with E-state index in [2.05, 4.69) is 0 Å². The number of amides is 1. The third-order valence-electron chi connectivity index (χ3n) is 2.93. The highest BCUT2D eigenvalue weighted by atomic mass is 35.7. The summed E-state index contributed by atoms with van der Waals surface area (Å²) in [4.78, 5) is 22.3. The van der Waals surface area contributed by atoms with E-state index in [1.54, 1.807) is 0 Å². The first-order valence-electron chi connectivity index (χ1n) is 5.38. The van der Waals surface area contributed by atoms with Crippen LogP contribution in [-0.2, 0) is 13.8 Å². The van der Waals surface area contributed by atoms with Crippen LogP contribution in [0, 0.1) is 15.9 Å². The molecule has 0 N–H and O–H groups in total. The van der Waals surface area contributed by atoms with Gasteiger partial charge in [-0.25, -0.2) is 8.42 Å². The van der Waals surface area contributed by atoms with Gasteiger partial charge in [-0.15, -0.1) is 0 Å². The second-order valence-electron chi connectivity index (χ2n) is 4.20. The van der Waals surface area contributed by atoms with Crippen molar-refractivity contribution in [3.63, 3.8) is 0 Å². The van der Waals surface area contributed by atoms with E-state index in [0.717, 1.165) is 17.0 Å². The van der Waals surface area contributed by atoms with Gasteiger partial charge in [0.1, 0.15) is 5.25 Å². The summed E-state index contributed by atoms with van der Waals surface area (Å²) in [6.45, 7) is -0.206. The van der Waals surface area contributed by atoms with Crippen molar-refractivity contribution in [3.8, 4) is 0 Å². The Kier molecular flexibility index (Phi) is 3.65. The molecule has 1 fully saturated rings. The van der Waals surface area contributed by atoms with E-state index in [1.807, 2.05) is 0 Å². The molecule has 1 unspecified atom stereocenters.